The SMILES string of the molecule is Cc1ccc(C)c(NC(=O)c2c(O)c3ccccc3n(C)c2=O)c1. The van der Waals surface area contributed by atoms with Crippen molar-refractivity contribution in [1.29, 1.82) is 0 Å². The highest BCUT2D eigenvalue weighted by atomic mass is 16.3. The van der Waals surface area contributed by atoms with E-state index in [1.807, 2.05) is 32.0 Å². The molecule has 0 aliphatic heterocycles. The number of para-hydroxylation sites is 1. The topological polar surface area (TPSA) is 71.3 Å². The summed E-state index contributed by atoms with van der Waals surface area (Å²) >= 11 is 0. The standard InChI is InChI=1S/C19H18N2O3/c1-11-8-9-12(2)14(10-11)20-18(23)16-17(22)13-6-4-5-7-15(13)21(3)19(16)24/h4-10,22H,1-3H3,(H,20,23). The summed E-state index contributed by atoms with van der Waals surface area (Å²) in [5.74, 6) is -0.913. The zero-order valence-corrected chi connectivity index (χ0v) is 13.8. The third-order valence-electron chi connectivity index (χ3n) is 4.14. The molecule has 0 fully saturated rings. The van der Waals surface area contributed by atoms with E-state index in [2.05, 4.69) is 5.32 Å². The van der Waals surface area contributed by atoms with Crippen LogP contribution in [-0.2, 0) is 7.05 Å². The van der Waals surface area contributed by atoms with E-state index in [1.54, 1.807) is 31.3 Å². The summed E-state index contributed by atoms with van der Waals surface area (Å²) in [6.07, 6.45) is 0. The molecular formula is C19H18N2O3. The van der Waals surface area contributed by atoms with Crippen LogP contribution in [0.25, 0.3) is 10.9 Å². The number of aromatic nitrogens is 1. The number of hydrogen-bond acceptors (Lipinski definition) is 3. The molecule has 5 nitrogen and oxygen atoms in total. The summed E-state index contributed by atoms with van der Waals surface area (Å²) in [4.78, 5) is 25.2. The summed E-state index contributed by atoms with van der Waals surface area (Å²) in [5, 5.41) is 13.6. The first-order valence-electron chi connectivity index (χ1n) is 7.59. The third-order valence-corrected chi connectivity index (χ3v) is 4.14. The lowest BCUT2D eigenvalue weighted by molar-refractivity contribution is 0.102. The maximum atomic E-state index is 12.6. The average Bonchev–Trinajstić information content (AvgIpc) is 2.56. The molecule has 2 N–H and O–H groups in total. The second-order valence-corrected chi connectivity index (χ2v) is 5.88. The maximum absolute atomic E-state index is 12.6. The highest BCUT2D eigenvalue weighted by Crippen LogP contribution is 2.26. The van der Waals surface area contributed by atoms with Gasteiger partial charge in [-0.2, -0.15) is 0 Å². The van der Waals surface area contributed by atoms with Crippen molar-refractivity contribution in [2.45, 2.75) is 13.8 Å². The fourth-order valence-corrected chi connectivity index (χ4v) is 2.74. The van der Waals surface area contributed by atoms with Gasteiger partial charge < -0.3 is 15.0 Å². The van der Waals surface area contributed by atoms with Crippen LogP contribution in [0.2, 0.25) is 0 Å². The number of hydrogen-bond donors (Lipinski definition) is 2. The van der Waals surface area contributed by atoms with Gasteiger partial charge in [0.2, 0.25) is 0 Å². The van der Waals surface area contributed by atoms with Gasteiger partial charge in [-0.1, -0.05) is 24.3 Å². The number of aryl methyl sites for hydroxylation is 3. The Bertz CT molecular complexity index is 1020. The van der Waals surface area contributed by atoms with Gasteiger partial charge in [0.1, 0.15) is 11.3 Å². The van der Waals surface area contributed by atoms with Crippen molar-refractivity contribution in [3.05, 3.63) is 69.5 Å². The van der Waals surface area contributed by atoms with Crippen LogP contribution < -0.4 is 10.9 Å². The lowest BCUT2D eigenvalue weighted by atomic mass is 10.1. The third kappa shape index (κ3) is 2.54. The van der Waals surface area contributed by atoms with Gasteiger partial charge in [0.05, 0.1) is 5.52 Å². The quantitative estimate of drug-likeness (QED) is 0.761. The van der Waals surface area contributed by atoms with Gasteiger partial charge in [-0.3, -0.25) is 9.59 Å². The van der Waals surface area contributed by atoms with Gasteiger partial charge in [-0.15, -0.1) is 0 Å². The van der Waals surface area contributed by atoms with Crippen molar-refractivity contribution in [2.24, 2.45) is 7.05 Å². The van der Waals surface area contributed by atoms with Crippen LogP contribution in [0.3, 0.4) is 0 Å². The van der Waals surface area contributed by atoms with E-state index < -0.39 is 11.5 Å². The lowest BCUT2D eigenvalue weighted by Crippen LogP contribution is -2.28. The van der Waals surface area contributed by atoms with E-state index in [4.69, 9.17) is 0 Å². The normalized spacial score (nSPS) is 10.8. The van der Waals surface area contributed by atoms with Crippen LogP contribution in [0.4, 0.5) is 5.69 Å². The van der Waals surface area contributed by atoms with E-state index in [-0.39, 0.29) is 11.3 Å². The number of nitrogens with zero attached hydrogens (tertiary/aromatic N) is 1. The summed E-state index contributed by atoms with van der Waals surface area (Å²) in [5.41, 5.74) is 2.28. The molecule has 0 spiro atoms. The van der Waals surface area contributed by atoms with Crippen LogP contribution >= 0.6 is 0 Å². The highest BCUT2D eigenvalue weighted by Gasteiger charge is 2.21. The molecule has 1 heterocycles. The molecule has 3 aromatic rings. The van der Waals surface area contributed by atoms with Gasteiger partial charge in [0.25, 0.3) is 11.5 Å². The number of benzene rings is 2. The molecule has 0 atom stereocenters. The molecule has 0 aliphatic carbocycles. The molecule has 0 bridgehead atoms. The number of anilines is 1. The molecule has 1 amide bonds. The Labute approximate surface area is 139 Å². The average molecular weight is 322 g/mol. The van der Waals surface area contributed by atoms with Crippen molar-refractivity contribution < 1.29 is 9.90 Å². The fourth-order valence-electron chi connectivity index (χ4n) is 2.74. The van der Waals surface area contributed by atoms with E-state index >= 15 is 0 Å². The molecule has 2 aromatic carbocycles. The van der Waals surface area contributed by atoms with Gasteiger partial charge >= 0.3 is 0 Å². The number of pyridine rings is 1. The number of rotatable bonds is 2. The summed E-state index contributed by atoms with van der Waals surface area (Å²) in [6.45, 7) is 3.79. The van der Waals surface area contributed by atoms with Gasteiger partial charge in [0.15, 0.2) is 0 Å². The molecule has 0 saturated carbocycles. The highest BCUT2D eigenvalue weighted by molar-refractivity contribution is 6.09. The van der Waals surface area contributed by atoms with Crippen molar-refractivity contribution in [2.75, 3.05) is 5.32 Å². The van der Waals surface area contributed by atoms with Crippen LogP contribution in [0.5, 0.6) is 5.75 Å². The number of nitrogens with one attached hydrogen (secondary N) is 1. The number of aromatic hydroxyl groups is 1. The number of carbonyl (C=O) groups excluding carboxylic acids is 1. The van der Waals surface area contributed by atoms with Crippen LogP contribution in [0, 0.1) is 13.8 Å². The van der Waals surface area contributed by atoms with E-state index in [9.17, 15) is 14.7 Å². The second-order valence-electron chi connectivity index (χ2n) is 5.88. The minimum absolute atomic E-state index is 0.253. The molecule has 0 unspecified atom stereocenters. The van der Waals surface area contributed by atoms with Gasteiger partial charge in [-0.25, -0.2) is 0 Å². The largest absolute Gasteiger partial charge is 0.506 e. The minimum Gasteiger partial charge on any atom is -0.506 e. The molecule has 24 heavy (non-hydrogen) atoms. The van der Waals surface area contributed by atoms with Gasteiger partial charge in [-0.05, 0) is 43.2 Å². The fraction of sp³-hybridized carbons (Fsp3) is 0.158. The molecule has 0 radical (unpaired) electrons. The van der Waals surface area contributed by atoms with E-state index in [1.165, 1.54) is 4.57 Å². The predicted molar refractivity (Wildman–Crippen MR) is 94.7 cm³/mol. The van der Waals surface area contributed by atoms with Crippen molar-refractivity contribution in [1.82, 2.24) is 4.57 Å². The first-order valence-corrected chi connectivity index (χ1v) is 7.59. The summed E-state index contributed by atoms with van der Waals surface area (Å²) < 4.78 is 1.37. The molecule has 5 heteroatoms. The van der Waals surface area contributed by atoms with Crippen molar-refractivity contribution in [3.8, 4) is 5.75 Å². The Morgan fingerprint density at radius 3 is 2.58 bits per heavy atom. The second kappa shape index (κ2) is 5.85. The Kier molecular flexibility index (Phi) is 3.85. The molecule has 3 rings (SSSR count). The van der Waals surface area contributed by atoms with E-state index in [0.29, 0.717) is 16.6 Å². The Morgan fingerprint density at radius 1 is 1.12 bits per heavy atom. The molecule has 0 saturated heterocycles. The van der Waals surface area contributed by atoms with Crippen molar-refractivity contribution >= 4 is 22.5 Å². The number of fused-ring (bicyclic) bond motifs is 1. The van der Waals surface area contributed by atoms with Crippen molar-refractivity contribution in [3.63, 3.8) is 0 Å². The molecular weight excluding hydrogens is 304 g/mol. The Hall–Kier alpha value is -3.08. The summed E-state index contributed by atoms with van der Waals surface area (Å²) in [7, 11) is 1.58. The van der Waals surface area contributed by atoms with E-state index in [0.717, 1.165) is 11.1 Å². The summed E-state index contributed by atoms with van der Waals surface area (Å²) in [6, 6.07) is 12.6. The molecule has 1 aromatic heterocycles. The predicted octanol–water partition coefficient (Wildman–Crippen LogP) is 3.11. The number of carbonyl (C=O) groups is 1. The Balaban J connectivity index is 2.14. The Morgan fingerprint density at radius 2 is 1.83 bits per heavy atom. The molecule has 0 aliphatic rings. The zero-order valence-electron chi connectivity index (χ0n) is 13.8. The lowest BCUT2D eigenvalue weighted by Gasteiger charge is -2.13. The maximum Gasteiger partial charge on any atom is 0.267 e. The van der Waals surface area contributed by atoms with Crippen LogP contribution in [0.1, 0.15) is 21.5 Å². The van der Waals surface area contributed by atoms with Crippen LogP contribution in [0.15, 0.2) is 47.3 Å². The molecule has 122 valence electrons. The zero-order chi connectivity index (χ0) is 17.4. The monoisotopic (exact) mass is 322 g/mol. The first kappa shape index (κ1) is 15.8. The van der Waals surface area contributed by atoms with Crippen LogP contribution in [-0.4, -0.2) is 15.6 Å². The minimum atomic E-state index is -0.618. The number of amides is 1. The first-order chi connectivity index (χ1) is 11.4. The smallest absolute Gasteiger partial charge is 0.267 e. The van der Waals surface area contributed by atoms with Gasteiger partial charge in [0, 0.05) is 18.1 Å².